The average molecular weight is 235 g/mol. The van der Waals surface area contributed by atoms with Gasteiger partial charge in [-0.1, -0.05) is 39.3 Å². The molecule has 0 spiro atoms. The molecule has 0 saturated heterocycles. The first kappa shape index (κ1) is 13.9. The molecule has 80 valence electrons. The zero-order chi connectivity index (χ0) is 12.1. The summed E-state index contributed by atoms with van der Waals surface area (Å²) in [7, 11) is -2.84. The van der Waals surface area contributed by atoms with Crippen molar-refractivity contribution >= 4 is 21.9 Å². The molecular weight excluding hydrogens is 217 g/mol. The minimum absolute atomic E-state index is 0.292. The van der Waals surface area contributed by atoms with E-state index < -0.39 is 16.1 Å². The van der Waals surface area contributed by atoms with Crippen molar-refractivity contribution in [1.82, 2.24) is 0 Å². The Bertz CT molecular complexity index is 362. The Morgan fingerprint density at radius 2 is 1.20 bits per heavy atom. The van der Waals surface area contributed by atoms with Gasteiger partial charge >= 0.3 is 5.71 Å². The minimum atomic E-state index is -1.42. The molecule has 0 radical (unpaired) electrons. The van der Waals surface area contributed by atoms with E-state index in [2.05, 4.69) is 67.0 Å². The largest absolute Gasteiger partial charge is 0.415 e. The van der Waals surface area contributed by atoms with Crippen LogP contribution in [0.1, 0.15) is 0 Å². The van der Waals surface area contributed by atoms with Crippen LogP contribution in [0.2, 0.25) is 39.3 Å². The van der Waals surface area contributed by atoms with Gasteiger partial charge in [0, 0.05) is 11.8 Å². The predicted octanol–water partition coefficient (Wildman–Crippen LogP) is 2.42. The summed E-state index contributed by atoms with van der Waals surface area (Å²) < 4.78 is 0. The lowest BCUT2D eigenvalue weighted by Crippen LogP contribution is -2.18. The Hall–Kier alpha value is -1.07. The fraction of sp³-hybridized carbons (Fsp3) is 0.545. The van der Waals surface area contributed by atoms with E-state index in [4.69, 9.17) is 5.53 Å². The van der Waals surface area contributed by atoms with Crippen LogP contribution < -0.4 is 0 Å². The van der Waals surface area contributed by atoms with Gasteiger partial charge in [-0.15, -0.1) is 15.9 Å². The average Bonchev–Trinajstić information content (AvgIpc) is 2.00. The van der Waals surface area contributed by atoms with Crippen LogP contribution in [-0.2, 0) is 0 Å². The second-order valence-corrected chi connectivity index (χ2v) is 14.9. The van der Waals surface area contributed by atoms with Crippen LogP contribution in [0.25, 0.3) is 5.53 Å². The molecule has 0 aliphatic rings. The second-order valence-electron chi connectivity index (χ2n) is 5.45. The van der Waals surface area contributed by atoms with Crippen LogP contribution in [0.15, 0.2) is 0 Å². The molecule has 0 aliphatic heterocycles. The summed E-state index contributed by atoms with van der Waals surface area (Å²) in [5, 5.41) is 0. The standard InChI is InChI=1S/C11H18N2Si2/c1-14(2,3)9-7-11(13-12)8-10-15(4,5)6/h1-6H3/i11+1. The minimum Gasteiger partial charge on any atom is -0.359 e. The van der Waals surface area contributed by atoms with E-state index >= 15 is 0 Å². The molecule has 2 nitrogen and oxygen atoms in total. The third kappa shape index (κ3) is 9.24. The summed E-state index contributed by atoms with van der Waals surface area (Å²) in [4.78, 5) is 3.11. The summed E-state index contributed by atoms with van der Waals surface area (Å²) in [5.74, 6) is 5.68. The van der Waals surface area contributed by atoms with E-state index in [9.17, 15) is 0 Å². The van der Waals surface area contributed by atoms with Crippen molar-refractivity contribution in [3.63, 3.8) is 0 Å². The molecule has 0 heterocycles. The molecule has 0 aromatic carbocycles. The smallest absolute Gasteiger partial charge is 0.359 e. The normalized spacial score (nSPS) is 10.3. The first-order valence-electron chi connectivity index (χ1n) is 4.92. The Balaban J connectivity index is 4.90. The molecule has 0 aliphatic carbocycles. The van der Waals surface area contributed by atoms with Gasteiger partial charge in [0.15, 0.2) is 0 Å². The fourth-order valence-corrected chi connectivity index (χ4v) is 1.56. The highest BCUT2D eigenvalue weighted by atomic mass is 28.3. The van der Waals surface area contributed by atoms with Crippen molar-refractivity contribution in [1.29, 1.82) is 0 Å². The predicted molar refractivity (Wildman–Crippen MR) is 70.9 cm³/mol. The quantitative estimate of drug-likeness (QED) is 0.154. The summed E-state index contributed by atoms with van der Waals surface area (Å²) in [6, 6.07) is 0. The molecule has 0 unspecified atom stereocenters. The maximum atomic E-state index is 8.73. The van der Waals surface area contributed by atoms with Crippen molar-refractivity contribution in [2.75, 3.05) is 0 Å². The molecule has 0 amide bonds. The van der Waals surface area contributed by atoms with Crippen molar-refractivity contribution in [2.24, 2.45) is 0 Å². The van der Waals surface area contributed by atoms with Crippen molar-refractivity contribution in [3.8, 4) is 22.9 Å². The molecule has 0 atom stereocenters. The molecule has 0 aromatic heterocycles. The summed E-state index contributed by atoms with van der Waals surface area (Å²) in [6.07, 6.45) is 0. The van der Waals surface area contributed by atoms with Gasteiger partial charge in [-0.3, -0.25) is 0 Å². The van der Waals surface area contributed by atoms with Gasteiger partial charge in [0.25, 0.3) is 0 Å². The highest BCUT2D eigenvalue weighted by Gasteiger charge is 2.11. The Kier molecular flexibility index (Phi) is 4.77. The topological polar surface area (TPSA) is 36.4 Å². The maximum absolute atomic E-state index is 8.73. The monoisotopic (exact) mass is 235 g/mol. The number of hydrogen-bond acceptors (Lipinski definition) is 0. The molecule has 0 aromatic rings. The lowest BCUT2D eigenvalue weighted by molar-refractivity contribution is 0.000119. The first-order valence-corrected chi connectivity index (χ1v) is 11.9. The molecule has 0 rings (SSSR count). The summed E-state index contributed by atoms with van der Waals surface area (Å²) in [6.45, 7) is 12.8. The number of hydrogen-bond donors (Lipinski definition) is 0. The van der Waals surface area contributed by atoms with Crippen LogP contribution in [0.4, 0.5) is 0 Å². The van der Waals surface area contributed by atoms with Gasteiger partial charge in [-0.2, -0.15) is 0 Å². The Labute approximate surface area is 94.7 Å². The molecule has 0 N–H and O–H groups in total. The van der Waals surface area contributed by atoms with E-state index in [0.717, 1.165) is 0 Å². The molecule has 15 heavy (non-hydrogen) atoms. The lowest BCUT2D eigenvalue weighted by atomic mass is 10.8. The molecular formula is C11H18N2Si2. The van der Waals surface area contributed by atoms with Crippen molar-refractivity contribution in [2.45, 2.75) is 39.3 Å². The van der Waals surface area contributed by atoms with Crippen molar-refractivity contribution in [3.05, 3.63) is 5.53 Å². The molecule has 0 bridgehead atoms. The van der Waals surface area contributed by atoms with Crippen LogP contribution in [0.3, 0.4) is 0 Å². The third-order valence-electron chi connectivity index (χ3n) is 1.21. The van der Waals surface area contributed by atoms with Gasteiger partial charge in [0.1, 0.15) is 16.1 Å². The van der Waals surface area contributed by atoms with E-state index in [1.54, 1.807) is 0 Å². The number of rotatable bonds is 0. The SMILES string of the molecule is C[Si](C)(C)C#C[13C](C#C[Si](C)(C)C)=[N+]=[N-]. The zero-order valence-electron chi connectivity index (χ0n) is 10.4. The van der Waals surface area contributed by atoms with E-state index in [-0.39, 0.29) is 0 Å². The maximum Gasteiger partial charge on any atom is 0.415 e. The fourth-order valence-electron chi connectivity index (χ4n) is 0.575. The summed E-state index contributed by atoms with van der Waals surface area (Å²) in [5.41, 5.74) is 15.3. The molecule has 4 heteroatoms. The first-order chi connectivity index (χ1) is 6.64. The van der Waals surface area contributed by atoms with E-state index in [1.165, 1.54) is 0 Å². The highest BCUT2D eigenvalue weighted by Crippen LogP contribution is 1.97. The number of nitrogens with zero attached hydrogens (tertiary/aromatic N) is 2. The Morgan fingerprint density at radius 1 is 0.867 bits per heavy atom. The van der Waals surface area contributed by atoms with E-state index in [0.29, 0.717) is 5.71 Å². The van der Waals surface area contributed by atoms with Gasteiger partial charge < -0.3 is 5.53 Å². The van der Waals surface area contributed by atoms with E-state index in [1.807, 2.05) is 0 Å². The van der Waals surface area contributed by atoms with Crippen molar-refractivity contribution < 1.29 is 4.79 Å². The van der Waals surface area contributed by atoms with Gasteiger partial charge in [-0.25, -0.2) is 0 Å². The van der Waals surface area contributed by atoms with Gasteiger partial charge in [0.05, 0.1) is 0 Å². The Morgan fingerprint density at radius 3 is 1.40 bits per heavy atom. The third-order valence-corrected chi connectivity index (χ3v) is 2.96. The molecule has 0 saturated carbocycles. The van der Waals surface area contributed by atoms with Gasteiger partial charge in [-0.05, 0) is 0 Å². The summed E-state index contributed by atoms with van der Waals surface area (Å²) >= 11 is 0. The van der Waals surface area contributed by atoms with Crippen LogP contribution in [0, 0.1) is 22.9 Å². The zero-order valence-corrected chi connectivity index (χ0v) is 12.4. The van der Waals surface area contributed by atoms with Crippen LogP contribution >= 0.6 is 0 Å². The highest BCUT2D eigenvalue weighted by molar-refractivity contribution is 6.84. The second kappa shape index (κ2) is 5.14. The van der Waals surface area contributed by atoms with Crippen LogP contribution in [0.5, 0.6) is 0 Å². The lowest BCUT2D eigenvalue weighted by Gasteiger charge is -2.02. The van der Waals surface area contributed by atoms with Crippen LogP contribution in [-0.4, -0.2) is 26.6 Å². The van der Waals surface area contributed by atoms with Gasteiger partial charge in [0.2, 0.25) is 0 Å². The molecule has 0 fully saturated rings.